The lowest BCUT2D eigenvalue weighted by Crippen LogP contribution is -2.41. The maximum absolute atomic E-state index is 12.3. The van der Waals surface area contributed by atoms with Crippen molar-refractivity contribution in [2.45, 2.75) is 26.3 Å². The van der Waals surface area contributed by atoms with Crippen molar-refractivity contribution in [2.75, 3.05) is 11.4 Å². The molecule has 2 rings (SSSR count). The van der Waals surface area contributed by atoms with E-state index in [1.54, 1.807) is 4.90 Å². The summed E-state index contributed by atoms with van der Waals surface area (Å²) in [5, 5.41) is 0.742. The van der Waals surface area contributed by atoms with Crippen molar-refractivity contribution in [1.82, 2.24) is 0 Å². The van der Waals surface area contributed by atoms with Crippen LogP contribution in [-0.2, 0) is 11.2 Å². The Morgan fingerprint density at radius 3 is 2.72 bits per heavy atom. The second-order valence-electron chi connectivity index (χ2n) is 4.63. The van der Waals surface area contributed by atoms with E-state index in [4.69, 9.17) is 17.3 Å². The van der Waals surface area contributed by atoms with Gasteiger partial charge in [-0.3, -0.25) is 4.79 Å². The molecule has 1 aromatic carbocycles. The lowest BCUT2D eigenvalue weighted by Gasteiger charge is -2.23. The maximum Gasteiger partial charge on any atom is 0.231 e. The van der Waals surface area contributed by atoms with Crippen LogP contribution in [0, 0.1) is 5.92 Å². The van der Waals surface area contributed by atoms with E-state index in [9.17, 15) is 4.79 Å². The van der Waals surface area contributed by atoms with E-state index in [0.717, 1.165) is 22.7 Å². The molecule has 0 saturated heterocycles. The minimum Gasteiger partial charge on any atom is -0.327 e. The molecule has 1 aliphatic rings. The third kappa shape index (κ3) is 2.63. The van der Waals surface area contributed by atoms with Crippen LogP contribution in [0.1, 0.15) is 19.4 Å². The molecular formula is C13H18Cl2N2O. The molecule has 0 aliphatic carbocycles. The monoisotopic (exact) mass is 288 g/mol. The molecular weight excluding hydrogens is 271 g/mol. The molecule has 2 unspecified atom stereocenters. The van der Waals surface area contributed by atoms with Gasteiger partial charge in [0.25, 0.3) is 0 Å². The molecule has 0 saturated carbocycles. The summed E-state index contributed by atoms with van der Waals surface area (Å²) in [5.74, 6) is -0.0825. The van der Waals surface area contributed by atoms with Crippen LogP contribution in [0.3, 0.4) is 0 Å². The average molecular weight is 289 g/mol. The Morgan fingerprint density at radius 2 is 2.11 bits per heavy atom. The molecule has 0 spiro atoms. The number of nitrogens with two attached hydrogens (primary N) is 1. The van der Waals surface area contributed by atoms with Crippen LogP contribution in [0.15, 0.2) is 18.2 Å². The van der Waals surface area contributed by atoms with Crippen LogP contribution in [0.2, 0.25) is 5.02 Å². The number of nitrogens with zero attached hydrogens (tertiary/aromatic N) is 1. The lowest BCUT2D eigenvalue weighted by atomic mass is 10.0. The van der Waals surface area contributed by atoms with Gasteiger partial charge in [0.15, 0.2) is 0 Å². The van der Waals surface area contributed by atoms with Gasteiger partial charge < -0.3 is 10.6 Å². The fourth-order valence-corrected chi connectivity index (χ4v) is 2.36. The maximum atomic E-state index is 12.3. The van der Waals surface area contributed by atoms with Crippen molar-refractivity contribution in [3.63, 3.8) is 0 Å². The minimum absolute atomic E-state index is 0. The quantitative estimate of drug-likeness (QED) is 0.909. The highest BCUT2D eigenvalue weighted by molar-refractivity contribution is 6.32. The summed E-state index contributed by atoms with van der Waals surface area (Å²) in [4.78, 5) is 14.1. The molecule has 1 aromatic rings. The molecule has 0 bridgehead atoms. The molecule has 0 radical (unpaired) electrons. The van der Waals surface area contributed by atoms with Gasteiger partial charge in [0, 0.05) is 23.3 Å². The largest absolute Gasteiger partial charge is 0.327 e. The number of anilines is 1. The minimum atomic E-state index is -0.167. The van der Waals surface area contributed by atoms with Crippen molar-refractivity contribution in [2.24, 2.45) is 11.7 Å². The van der Waals surface area contributed by atoms with E-state index in [1.807, 2.05) is 32.0 Å². The average Bonchev–Trinajstić information content (AvgIpc) is 2.72. The van der Waals surface area contributed by atoms with Crippen LogP contribution in [0.25, 0.3) is 0 Å². The van der Waals surface area contributed by atoms with Gasteiger partial charge in [-0.2, -0.15) is 0 Å². The highest BCUT2D eigenvalue weighted by atomic mass is 35.5. The van der Waals surface area contributed by atoms with Crippen molar-refractivity contribution < 1.29 is 4.79 Å². The fourth-order valence-electron chi connectivity index (χ4n) is 2.09. The van der Waals surface area contributed by atoms with Crippen LogP contribution in [0.4, 0.5) is 5.69 Å². The van der Waals surface area contributed by atoms with E-state index < -0.39 is 0 Å². The predicted octanol–water partition coefficient (Wildman–Crippen LogP) is 2.63. The topological polar surface area (TPSA) is 46.3 Å². The van der Waals surface area contributed by atoms with Crippen molar-refractivity contribution in [1.29, 1.82) is 0 Å². The lowest BCUT2D eigenvalue weighted by molar-refractivity contribution is -0.122. The first kappa shape index (κ1) is 15.3. The molecule has 100 valence electrons. The van der Waals surface area contributed by atoms with Gasteiger partial charge in [-0.05, 0) is 31.0 Å². The Balaban J connectivity index is 0.00000162. The van der Waals surface area contributed by atoms with Gasteiger partial charge in [-0.15, -0.1) is 12.4 Å². The number of halogens is 2. The van der Waals surface area contributed by atoms with Crippen LogP contribution < -0.4 is 10.6 Å². The number of hydrogen-bond donors (Lipinski definition) is 1. The van der Waals surface area contributed by atoms with E-state index >= 15 is 0 Å². The molecule has 2 N–H and O–H groups in total. The molecule has 0 aromatic heterocycles. The van der Waals surface area contributed by atoms with Crippen LogP contribution in [0.5, 0.6) is 0 Å². The zero-order valence-corrected chi connectivity index (χ0v) is 12.1. The SMILES string of the molecule is CC(N)C(C)C(=O)N1CCc2c(Cl)cccc21.Cl. The standard InChI is InChI=1S/C13H17ClN2O.ClH/c1-8(9(2)15)13(17)16-7-6-10-11(14)4-3-5-12(10)16;/h3-5,8-9H,6-7,15H2,1-2H3;1H. The van der Waals surface area contributed by atoms with E-state index in [-0.39, 0.29) is 30.3 Å². The zero-order chi connectivity index (χ0) is 12.6. The smallest absolute Gasteiger partial charge is 0.231 e. The van der Waals surface area contributed by atoms with Crippen molar-refractivity contribution >= 4 is 35.6 Å². The number of carbonyl (C=O) groups excluding carboxylic acids is 1. The Labute approximate surface area is 119 Å². The number of hydrogen-bond acceptors (Lipinski definition) is 2. The van der Waals surface area contributed by atoms with Gasteiger partial charge >= 0.3 is 0 Å². The predicted molar refractivity (Wildman–Crippen MR) is 77.6 cm³/mol. The Morgan fingerprint density at radius 1 is 1.44 bits per heavy atom. The Hall–Kier alpha value is -0.770. The molecule has 18 heavy (non-hydrogen) atoms. The summed E-state index contributed by atoms with van der Waals surface area (Å²) >= 11 is 6.12. The number of benzene rings is 1. The summed E-state index contributed by atoms with van der Waals surface area (Å²) in [6.07, 6.45) is 0.826. The van der Waals surface area contributed by atoms with Crippen molar-refractivity contribution in [3.05, 3.63) is 28.8 Å². The first-order valence-corrected chi connectivity index (χ1v) is 6.24. The normalized spacial score (nSPS) is 16.8. The molecule has 2 atom stereocenters. The first-order chi connectivity index (χ1) is 8.02. The Kier molecular flexibility index (Phi) is 5.02. The molecule has 1 amide bonds. The summed E-state index contributed by atoms with van der Waals surface area (Å²) in [7, 11) is 0. The summed E-state index contributed by atoms with van der Waals surface area (Å²) < 4.78 is 0. The third-order valence-electron chi connectivity index (χ3n) is 3.41. The number of carbonyl (C=O) groups is 1. The molecule has 0 fully saturated rings. The van der Waals surface area contributed by atoms with E-state index in [0.29, 0.717) is 6.54 Å². The van der Waals surface area contributed by atoms with E-state index in [1.165, 1.54) is 0 Å². The van der Waals surface area contributed by atoms with Gasteiger partial charge in [-0.1, -0.05) is 24.6 Å². The zero-order valence-electron chi connectivity index (χ0n) is 10.5. The molecule has 5 heteroatoms. The number of rotatable bonds is 2. The molecule has 1 aliphatic heterocycles. The van der Waals surface area contributed by atoms with Crippen LogP contribution >= 0.6 is 24.0 Å². The number of fused-ring (bicyclic) bond motifs is 1. The van der Waals surface area contributed by atoms with Crippen molar-refractivity contribution in [3.8, 4) is 0 Å². The fraction of sp³-hybridized carbons (Fsp3) is 0.462. The van der Waals surface area contributed by atoms with Gasteiger partial charge in [0.1, 0.15) is 0 Å². The Bertz CT molecular complexity index is 449. The van der Waals surface area contributed by atoms with Crippen LogP contribution in [-0.4, -0.2) is 18.5 Å². The summed E-state index contributed by atoms with van der Waals surface area (Å²) in [6.45, 7) is 4.43. The third-order valence-corrected chi connectivity index (χ3v) is 3.77. The highest BCUT2D eigenvalue weighted by Crippen LogP contribution is 2.34. The summed E-state index contributed by atoms with van der Waals surface area (Å²) in [5.41, 5.74) is 7.79. The second-order valence-corrected chi connectivity index (χ2v) is 5.03. The van der Waals surface area contributed by atoms with E-state index in [2.05, 4.69) is 0 Å². The number of amides is 1. The summed E-state index contributed by atoms with van der Waals surface area (Å²) in [6, 6.07) is 5.55. The second kappa shape index (κ2) is 5.91. The first-order valence-electron chi connectivity index (χ1n) is 5.86. The van der Waals surface area contributed by atoms with Gasteiger partial charge in [0.2, 0.25) is 5.91 Å². The van der Waals surface area contributed by atoms with Gasteiger partial charge in [0.05, 0.1) is 5.92 Å². The van der Waals surface area contributed by atoms with Gasteiger partial charge in [-0.25, -0.2) is 0 Å². The molecule has 1 heterocycles. The molecule has 3 nitrogen and oxygen atoms in total. The highest BCUT2D eigenvalue weighted by Gasteiger charge is 2.30.